The minimum atomic E-state index is -0.448. The molecule has 0 saturated heterocycles. The van der Waals surface area contributed by atoms with Crippen LogP contribution in [0.1, 0.15) is 5.82 Å². The Morgan fingerprint density at radius 2 is 2.16 bits per heavy atom. The predicted octanol–water partition coefficient (Wildman–Crippen LogP) is 1.15. The molecule has 0 aliphatic carbocycles. The van der Waals surface area contributed by atoms with Crippen LogP contribution in [0.3, 0.4) is 0 Å². The Hall–Kier alpha value is -2.48. The summed E-state index contributed by atoms with van der Waals surface area (Å²) in [4.78, 5) is 13.9. The van der Waals surface area contributed by atoms with Gasteiger partial charge in [0.05, 0.1) is 11.5 Å². The minimum absolute atomic E-state index is 0.0441. The van der Waals surface area contributed by atoms with E-state index in [0.29, 0.717) is 31.3 Å². The number of ether oxygens (including phenoxy) is 1. The van der Waals surface area contributed by atoms with E-state index >= 15 is 0 Å². The SMILES string of the molecule is O=[N+]([O-])c1ccc(OCCNCc2ncon2)cc1. The topological polar surface area (TPSA) is 103 Å². The Morgan fingerprint density at radius 1 is 1.37 bits per heavy atom. The molecule has 0 bridgehead atoms. The van der Waals surface area contributed by atoms with E-state index in [1.165, 1.54) is 18.5 Å². The third kappa shape index (κ3) is 4.03. The highest BCUT2D eigenvalue weighted by atomic mass is 16.6. The fraction of sp³-hybridized carbons (Fsp3) is 0.273. The number of aromatic nitrogens is 2. The van der Waals surface area contributed by atoms with Gasteiger partial charge in [0.15, 0.2) is 5.82 Å². The van der Waals surface area contributed by atoms with Crippen molar-refractivity contribution in [2.24, 2.45) is 0 Å². The molecular weight excluding hydrogens is 252 g/mol. The summed E-state index contributed by atoms with van der Waals surface area (Å²) in [7, 11) is 0. The van der Waals surface area contributed by atoms with Crippen LogP contribution in [0.4, 0.5) is 5.69 Å². The number of nitrogens with one attached hydrogen (secondary N) is 1. The van der Waals surface area contributed by atoms with Crippen molar-refractivity contribution < 1.29 is 14.2 Å². The lowest BCUT2D eigenvalue weighted by atomic mass is 10.3. The summed E-state index contributed by atoms with van der Waals surface area (Å²) < 4.78 is 9.99. The molecule has 0 amide bonds. The summed E-state index contributed by atoms with van der Waals surface area (Å²) in [5, 5.41) is 17.2. The Bertz CT molecular complexity index is 512. The summed E-state index contributed by atoms with van der Waals surface area (Å²) >= 11 is 0. The van der Waals surface area contributed by atoms with Gasteiger partial charge in [0.25, 0.3) is 5.69 Å². The molecule has 100 valence electrons. The van der Waals surface area contributed by atoms with Crippen LogP contribution in [0.2, 0.25) is 0 Å². The van der Waals surface area contributed by atoms with Crippen molar-refractivity contribution in [1.29, 1.82) is 0 Å². The number of non-ortho nitro benzene ring substituents is 1. The second-order valence-corrected chi connectivity index (χ2v) is 3.62. The maximum atomic E-state index is 10.5. The molecule has 1 aromatic heterocycles. The summed E-state index contributed by atoms with van der Waals surface area (Å²) in [5.74, 6) is 1.17. The first-order valence-corrected chi connectivity index (χ1v) is 5.59. The number of hydrogen-bond acceptors (Lipinski definition) is 7. The molecule has 0 aliphatic rings. The molecule has 0 atom stereocenters. The van der Waals surface area contributed by atoms with E-state index in [1.807, 2.05) is 0 Å². The molecule has 2 aromatic rings. The van der Waals surface area contributed by atoms with Crippen LogP contribution < -0.4 is 10.1 Å². The molecule has 1 aromatic carbocycles. The molecule has 0 aliphatic heterocycles. The fourth-order valence-electron chi connectivity index (χ4n) is 1.38. The first kappa shape index (κ1) is 13.0. The number of rotatable bonds is 7. The van der Waals surface area contributed by atoms with E-state index < -0.39 is 4.92 Å². The number of nitrogens with zero attached hydrogens (tertiary/aromatic N) is 3. The zero-order chi connectivity index (χ0) is 13.5. The second-order valence-electron chi connectivity index (χ2n) is 3.62. The van der Waals surface area contributed by atoms with Crippen molar-refractivity contribution in [2.75, 3.05) is 13.2 Å². The van der Waals surface area contributed by atoms with Gasteiger partial charge in [-0.1, -0.05) is 5.16 Å². The van der Waals surface area contributed by atoms with Crippen molar-refractivity contribution in [1.82, 2.24) is 15.5 Å². The van der Waals surface area contributed by atoms with Crippen molar-refractivity contribution in [2.45, 2.75) is 6.54 Å². The molecule has 0 spiro atoms. The highest BCUT2D eigenvalue weighted by Crippen LogP contribution is 2.16. The van der Waals surface area contributed by atoms with E-state index in [2.05, 4.69) is 20.0 Å². The Labute approximate surface area is 108 Å². The van der Waals surface area contributed by atoms with Crippen molar-refractivity contribution in [3.63, 3.8) is 0 Å². The van der Waals surface area contributed by atoms with E-state index in [-0.39, 0.29) is 5.69 Å². The van der Waals surface area contributed by atoms with E-state index in [4.69, 9.17) is 4.74 Å². The van der Waals surface area contributed by atoms with Gasteiger partial charge in [-0.2, -0.15) is 4.98 Å². The van der Waals surface area contributed by atoms with Gasteiger partial charge in [-0.25, -0.2) is 0 Å². The summed E-state index contributed by atoms with van der Waals surface area (Å²) in [5.41, 5.74) is 0.0441. The number of hydrogen-bond donors (Lipinski definition) is 1. The molecule has 8 heteroatoms. The summed E-state index contributed by atoms with van der Waals surface area (Å²) in [6.07, 6.45) is 1.27. The first-order valence-electron chi connectivity index (χ1n) is 5.59. The number of nitro benzene ring substituents is 1. The van der Waals surface area contributed by atoms with Crippen LogP contribution in [0.15, 0.2) is 35.2 Å². The van der Waals surface area contributed by atoms with E-state index in [0.717, 1.165) is 0 Å². The molecule has 0 fully saturated rings. The Balaban J connectivity index is 1.66. The zero-order valence-electron chi connectivity index (χ0n) is 9.98. The third-order valence-electron chi connectivity index (χ3n) is 2.29. The quantitative estimate of drug-likeness (QED) is 0.454. The Kier molecular flexibility index (Phi) is 4.40. The fourth-order valence-corrected chi connectivity index (χ4v) is 1.38. The minimum Gasteiger partial charge on any atom is -0.492 e. The lowest BCUT2D eigenvalue weighted by Gasteiger charge is -2.06. The molecule has 2 rings (SSSR count). The summed E-state index contributed by atoms with van der Waals surface area (Å²) in [6, 6.07) is 5.94. The largest absolute Gasteiger partial charge is 0.492 e. The molecule has 1 N–H and O–H groups in total. The van der Waals surface area contributed by atoms with Gasteiger partial charge in [-0.15, -0.1) is 0 Å². The van der Waals surface area contributed by atoms with Gasteiger partial charge < -0.3 is 14.6 Å². The van der Waals surface area contributed by atoms with Crippen molar-refractivity contribution >= 4 is 5.69 Å². The van der Waals surface area contributed by atoms with Gasteiger partial charge in [0, 0.05) is 18.7 Å². The second kappa shape index (κ2) is 6.45. The summed E-state index contributed by atoms with van der Waals surface area (Å²) in [6.45, 7) is 1.54. The zero-order valence-corrected chi connectivity index (χ0v) is 9.98. The van der Waals surface area contributed by atoms with Gasteiger partial charge in [0.1, 0.15) is 12.4 Å². The lowest BCUT2D eigenvalue weighted by Crippen LogP contribution is -2.21. The average Bonchev–Trinajstić information content (AvgIpc) is 2.92. The number of benzene rings is 1. The van der Waals surface area contributed by atoms with Crippen LogP contribution in [-0.2, 0) is 6.54 Å². The highest BCUT2D eigenvalue weighted by Gasteiger charge is 2.04. The number of nitro groups is 1. The maximum Gasteiger partial charge on any atom is 0.269 e. The maximum absolute atomic E-state index is 10.5. The normalized spacial score (nSPS) is 10.3. The van der Waals surface area contributed by atoms with E-state index in [1.54, 1.807) is 12.1 Å². The average molecular weight is 264 g/mol. The van der Waals surface area contributed by atoms with Gasteiger partial charge >= 0.3 is 0 Å². The van der Waals surface area contributed by atoms with Crippen LogP contribution in [-0.4, -0.2) is 28.2 Å². The van der Waals surface area contributed by atoms with Gasteiger partial charge in [0.2, 0.25) is 6.39 Å². The van der Waals surface area contributed by atoms with Gasteiger partial charge in [-0.3, -0.25) is 10.1 Å². The monoisotopic (exact) mass is 264 g/mol. The molecule has 0 unspecified atom stereocenters. The molecule has 19 heavy (non-hydrogen) atoms. The molecule has 0 radical (unpaired) electrons. The molecule has 8 nitrogen and oxygen atoms in total. The smallest absolute Gasteiger partial charge is 0.269 e. The predicted molar refractivity (Wildman–Crippen MR) is 64.6 cm³/mol. The van der Waals surface area contributed by atoms with Crippen LogP contribution in [0, 0.1) is 10.1 Å². The standard InChI is InChI=1S/C11H12N4O4/c16-15(17)9-1-3-10(4-2-9)18-6-5-12-7-11-13-8-19-14-11/h1-4,8,12H,5-7H2. The van der Waals surface area contributed by atoms with Crippen LogP contribution >= 0.6 is 0 Å². The first-order chi connectivity index (χ1) is 9.25. The Morgan fingerprint density at radius 3 is 2.79 bits per heavy atom. The van der Waals surface area contributed by atoms with Crippen LogP contribution in [0.25, 0.3) is 0 Å². The highest BCUT2D eigenvalue weighted by molar-refractivity contribution is 5.35. The van der Waals surface area contributed by atoms with Crippen molar-refractivity contribution in [3.05, 3.63) is 46.6 Å². The van der Waals surface area contributed by atoms with Crippen molar-refractivity contribution in [3.8, 4) is 5.75 Å². The van der Waals surface area contributed by atoms with Crippen LogP contribution in [0.5, 0.6) is 5.75 Å². The molecule has 1 heterocycles. The molecule has 0 saturated carbocycles. The van der Waals surface area contributed by atoms with Gasteiger partial charge in [-0.05, 0) is 12.1 Å². The third-order valence-corrected chi connectivity index (χ3v) is 2.29. The van der Waals surface area contributed by atoms with E-state index in [9.17, 15) is 10.1 Å². The lowest BCUT2D eigenvalue weighted by molar-refractivity contribution is -0.384. The molecular formula is C11H12N4O4.